The normalized spacial score (nSPS) is 22.3. The molecule has 0 aromatic carbocycles. The van der Waals surface area contributed by atoms with Gasteiger partial charge in [-0.05, 0) is 37.3 Å². The lowest BCUT2D eigenvalue weighted by molar-refractivity contribution is 0.212. The van der Waals surface area contributed by atoms with Gasteiger partial charge in [-0.25, -0.2) is 13.1 Å². The van der Waals surface area contributed by atoms with Crippen LogP contribution in [0.4, 0.5) is 0 Å². The molecule has 2 rings (SSSR count). The molecule has 1 aliphatic rings. The van der Waals surface area contributed by atoms with Crippen molar-refractivity contribution in [2.45, 2.75) is 63.9 Å². The summed E-state index contributed by atoms with van der Waals surface area (Å²) in [4.78, 5) is 3.35. The van der Waals surface area contributed by atoms with Gasteiger partial charge < -0.3 is 10.3 Å². The number of hydrogen-bond donors (Lipinski definition) is 3. The average Bonchev–Trinajstić information content (AvgIpc) is 2.84. The monoisotopic (exact) mass is 313 g/mol. The Bertz CT molecular complexity index is 563. The van der Waals surface area contributed by atoms with Gasteiger partial charge in [0.25, 0.3) is 0 Å². The van der Waals surface area contributed by atoms with E-state index in [0.717, 1.165) is 31.5 Å². The smallest absolute Gasteiger partial charge is 0.242 e. The molecule has 1 unspecified atom stereocenters. The van der Waals surface area contributed by atoms with Crippen LogP contribution in [0, 0.1) is 5.41 Å². The second-order valence-electron chi connectivity index (χ2n) is 6.72. The largest absolute Gasteiger partial charge is 0.363 e. The zero-order chi connectivity index (χ0) is 15.5. The van der Waals surface area contributed by atoms with E-state index in [2.05, 4.69) is 28.9 Å². The molecule has 1 aromatic heterocycles. The number of aromatic amines is 1. The Morgan fingerprint density at radius 1 is 1.43 bits per heavy atom. The average molecular weight is 313 g/mol. The van der Waals surface area contributed by atoms with Crippen molar-refractivity contribution in [3.8, 4) is 0 Å². The first-order chi connectivity index (χ1) is 9.82. The zero-order valence-corrected chi connectivity index (χ0v) is 14.0. The Labute approximate surface area is 128 Å². The molecule has 120 valence electrons. The molecular weight excluding hydrogens is 286 g/mol. The van der Waals surface area contributed by atoms with E-state index in [-0.39, 0.29) is 11.5 Å². The van der Waals surface area contributed by atoms with Gasteiger partial charge in [0.2, 0.25) is 10.0 Å². The fourth-order valence-corrected chi connectivity index (χ4v) is 4.31. The second kappa shape index (κ2) is 6.50. The van der Waals surface area contributed by atoms with Crippen molar-refractivity contribution in [3.63, 3.8) is 0 Å². The van der Waals surface area contributed by atoms with Crippen LogP contribution in [-0.2, 0) is 16.6 Å². The van der Waals surface area contributed by atoms with Crippen LogP contribution in [-0.4, -0.2) is 26.0 Å². The van der Waals surface area contributed by atoms with Crippen LogP contribution in [0.3, 0.4) is 0 Å². The van der Waals surface area contributed by atoms with Crippen molar-refractivity contribution in [3.05, 3.63) is 18.0 Å². The molecule has 6 heteroatoms. The minimum Gasteiger partial charge on any atom is -0.363 e. The van der Waals surface area contributed by atoms with Crippen LogP contribution < -0.4 is 10.0 Å². The van der Waals surface area contributed by atoms with Gasteiger partial charge >= 0.3 is 0 Å². The van der Waals surface area contributed by atoms with Crippen molar-refractivity contribution >= 4 is 10.0 Å². The van der Waals surface area contributed by atoms with Crippen molar-refractivity contribution in [2.24, 2.45) is 5.41 Å². The van der Waals surface area contributed by atoms with Gasteiger partial charge in [0.1, 0.15) is 0 Å². The van der Waals surface area contributed by atoms with Crippen LogP contribution in [0.25, 0.3) is 0 Å². The second-order valence-corrected chi connectivity index (χ2v) is 8.43. The Balaban J connectivity index is 2.02. The zero-order valence-electron chi connectivity index (χ0n) is 13.2. The molecule has 0 amide bonds. The lowest BCUT2D eigenvalue weighted by Crippen LogP contribution is -2.40. The standard InChI is InChI=1S/C15H27N3O2S/c1-4-16-10-13-8-14(11-17-13)21(19,20)18-12-6-5-7-15(2,3)9-12/h8,11-12,16-18H,4-7,9-10H2,1-3H3. The number of sulfonamides is 1. The van der Waals surface area contributed by atoms with Gasteiger partial charge in [0, 0.05) is 24.5 Å². The third-order valence-electron chi connectivity index (χ3n) is 4.12. The summed E-state index contributed by atoms with van der Waals surface area (Å²) in [6, 6.07) is 1.75. The van der Waals surface area contributed by atoms with Crippen molar-refractivity contribution in [1.29, 1.82) is 0 Å². The van der Waals surface area contributed by atoms with Crippen LogP contribution in [0.15, 0.2) is 17.2 Å². The number of rotatable bonds is 6. The van der Waals surface area contributed by atoms with E-state index >= 15 is 0 Å². The maximum absolute atomic E-state index is 12.4. The summed E-state index contributed by atoms with van der Waals surface area (Å²) in [7, 11) is -3.42. The third-order valence-corrected chi connectivity index (χ3v) is 5.62. The minimum absolute atomic E-state index is 0.0471. The lowest BCUT2D eigenvalue weighted by Gasteiger charge is -2.35. The first kappa shape index (κ1) is 16.5. The molecule has 1 fully saturated rings. The van der Waals surface area contributed by atoms with E-state index in [1.165, 1.54) is 6.42 Å². The summed E-state index contributed by atoms with van der Waals surface area (Å²) in [5.74, 6) is 0. The number of H-pyrrole nitrogens is 1. The molecule has 5 nitrogen and oxygen atoms in total. The fourth-order valence-electron chi connectivity index (χ4n) is 3.02. The first-order valence-electron chi connectivity index (χ1n) is 7.73. The van der Waals surface area contributed by atoms with Crippen molar-refractivity contribution < 1.29 is 8.42 Å². The summed E-state index contributed by atoms with van der Waals surface area (Å²) in [5.41, 5.74) is 1.11. The van der Waals surface area contributed by atoms with Gasteiger partial charge in [0.15, 0.2) is 0 Å². The molecule has 0 radical (unpaired) electrons. The molecule has 1 heterocycles. The molecule has 21 heavy (non-hydrogen) atoms. The maximum atomic E-state index is 12.4. The van der Waals surface area contributed by atoms with E-state index in [1.807, 2.05) is 6.92 Å². The Hall–Kier alpha value is -0.850. The van der Waals surface area contributed by atoms with Gasteiger partial charge in [-0.15, -0.1) is 0 Å². The van der Waals surface area contributed by atoms with E-state index < -0.39 is 10.0 Å². The summed E-state index contributed by atoms with van der Waals surface area (Å²) < 4.78 is 27.8. The Kier molecular flexibility index (Phi) is 5.11. The van der Waals surface area contributed by atoms with Crippen LogP contribution in [0.5, 0.6) is 0 Å². The first-order valence-corrected chi connectivity index (χ1v) is 9.21. The molecule has 0 saturated heterocycles. The molecule has 3 N–H and O–H groups in total. The van der Waals surface area contributed by atoms with E-state index in [9.17, 15) is 8.42 Å². The van der Waals surface area contributed by atoms with Gasteiger partial charge in [-0.3, -0.25) is 0 Å². The van der Waals surface area contributed by atoms with Crippen LogP contribution >= 0.6 is 0 Å². The van der Waals surface area contributed by atoms with Crippen molar-refractivity contribution in [2.75, 3.05) is 6.54 Å². The van der Waals surface area contributed by atoms with Crippen molar-refractivity contribution in [1.82, 2.24) is 15.0 Å². The van der Waals surface area contributed by atoms with Crippen LogP contribution in [0.1, 0.15) is 52.1 Å². The highest BCUT2D eigenvalue weighted by molar-refractivity contribution is 7.89. The highest BCUT2D eigenvalue weighted by Crippen LogP contribution is 2.35. The highest BCUT2D eigenvalue weighted by Gasteiger charge is 2.31. The summed E-state index contributed by atoms with van der Waals surface area (Å²) >= 11 is 0. The number of aromatic nitrogens is 1. The Morgan fingerprint density at radius 2 is 2.19 bits per heavy atom. The molecule has 1 aromatic rings. The summed E-state index contributed by atoms with van der Waals surface area (Å²) in [6.07, 6.45) is 5.66. The van der Waals surface area contributed by atoms with Gasteiger partial charge in [0.05, 0.1) is 4.90 Å². The number of nitrogens with one attached hydrogen (secondary N) is 3. The lowest BCUT2D eigenvalue weighted by atomic mass is 9.75. The van der Waals surface area contributed by atoms with Gasteiger partial charge in [-0.2, -0.15) is 0 Å². The molecule has 0 aliphatic heterocycles. The molecule has 1 atom stereocenters. The fraction of sp³-hybridized carbons (Fsp3) is 0.733. The molecule has 0 bridgehead atoms. The van der Waals surface area contributed by atoms with E-state index in [1.54, 1.807) is 12.3 Å². The third kappa shape index (κ3) is 4.56. The molecule has 0 spiro atoms. The van der Waals surface area contributed by atoms with Crippen LogP contribution in [0.2, 0.25) is 0 Å². The highest BCUT2D eigenvalue weighted by atomic mass is 32.2. The summed E-state index contributed by atoms with van der Waals surface area (Å²) in [5, 5.41) is 3.17. The maximum Gasteiger partial charge on any atom is 0.242 e. The van der Waals surface area contributed by atoms with E-state index in [4.69, 9.17) is 0 Å². The number of hydrogen-bond acceptors (Lipinski definition) is 3. The summed E-state index contributed by atoms with van der Waals surface area (Å²) in [6.45, 7) is 7.95. The minimum atomic E-state index is -3.42. The van der Waals surface area contributed by atoms with Gasteiger partial charge in [-0.1, -0.05) is 27.2 Å². The molecular formula is C15H27N3O2S. The topological polar surface area (TPSA) is 74.0 Å². The predicted molar refractivity (Wildman–Crippen MR) is 84.5 cm³/mol. The van der Waals surface area contributed by atoms with E-state index in [0.29, 0.717) is 11.4 Å². The molecule has 1 saturated carbocycles. The molecule has 1 aliphatic carbocycles. The predicted octanol–water partition coefficient (Wildman–Crippen LogP) is 2.37. The Morgan fingerprint density at radius 3 is 2.86 bits per heavy atom. The SMILES string of the molecule is CCNCc1cc(S(=O)(=O)NC2CCCC(C)(C)C2)c[nH]1. The quantitative estimate of drug-likeness (QED) is 0.755.